The molecule has 0 saturated carbocycles. The highest BCUT2D eigenvalue weighted by Gasteiger charge is 2.26. The van der Waals surface area contributed by atoms with E-state index in [0.717, 1.165) is 22.3 Å². The Morgan fingerprint density at radius 1 is 0.368 bits per heavy atom. The van der Waals surface area contributed by atoms with Crippen LogP contribution in [0.25, 0.3) is 0 Å². The maximum atomic E-state index is 10.4. The first-order valence-electron chi connectivity index (χ1n) is 17.6. The van der Waals surface area contributed by atoms with Gasteiger partial charge in [0.15, 0.2) is 0 Å². The highest BCUT2D eigenvalue weighted by molar-refractivity contribution is 5.74. The lowest BCUT2D eigenvalue weighted by Gasteiger charge is -2.23. The number of benzene rings is 4. The molecule has 0 amide bonds. The predicted molar refractivity (Wildman–Crippen MR) is 214 cm³/mol. The molecule has 4 rings (SSSR count). The highest BCUT2D eigenvalue weighted by atomic mass is 16.4. The number of nitrogens with two attached hydrogens (primary N) is 4. The van der Waals surface area contributed by atoms with Gasteiger partial charge >= 0.3 is 23.9 Å². The first-order chi connectivity index (χ1) is 27.0. The Hall–Kier alpha value is -5.56. The molecule has 16 heteroatoms. The van der Waals surface area contributed by atoms with Crippen LogP contribution in [0, 0.1) is 5.41 Å². The lowest BCUT2D eigenvalue weighted by atomic mass is 9.93. The van der Waals surface area contributed by atoms with Crippen molar-refractivity contribution >= 4 is 23.9 Å². The number of carboxylic acid groups (broad SMARTS) is 4. The van der Waals surface area contributed by atoms with E-state index in [9.17, 15) is 19.2 Å². The fourth-order valence-corrected chi connectivity index (χ4v) is 4.12. The molecule has 4 aromatic rings. The number of aliphatic hydroxyl groups is 4. The summed E-state index contributed by atoms with van der Waals surface area (Å²) < 4.78 is 0. The van der Waals surface area contributed by atoms with Gasteiger partial charge in [-0.2, -0.15) is 0 Å². The molecule has 0 aliphatic rings. The summed E-state index contributed by atoms with van der Waals surface area (Å²) in [5, 5.41) is 68.1. The molecule has 0 radical (unpaired) electrons. The zero-order valence-electron chi connectivity index (χ0n) is 31.5. The summed E-state index contributed by atoms with van der Waals surface area (Å²) in [4.78, 5) is 41.5. The van der Waals surface area contributed by atoms with Crippen molar-refractivity contribution in [2.45, 2.75) is 49.9 Å². The van der Waals surface area contributed by atoms with Gasteiger partial charge < -0.3 is 63.8 Å². The Labute approximate surface area is 331 Å². The average Bonchev–Trinajstić information content (AvgIpc) is 3.21. The zero-order valence-corrected chi connectivity index (χ0v) is 31.5. The van der Waals surface area contributed by atoms with Crippen LogP contribution in [0.3, 0.4) is 0 Å². The molecule has 0 spiro atoms. The molecule has 16 nitrogen and oxygen atoms in total. The maximum absolute atomic E-state index is 10.4. The first-order valence-corrected chi connectivity index (χ1v) is 17.6. The molecule has 16 N–H and O–H groups in total. The number of carbonyl (C=O) groups is 4. The molecule has 0 saturated heterocycles. The summed E-state index contributed by atoms with van der Waals surface area (Å²) in [5.74, 6) is -3.84. The Morgan fingerprint density at radius 2 is 0.526 bits per heavy atom. The monoisotopic (exact) mass is 796 g/mol. The third-order valence-corrected chi connectivity index (χ3v) is 7.80. The van der Waals surface area contributed by atoms with Crippen LogP contribution >= 0.6 is 0 Å². The van der Waals surface area contributed by atoms with Crippen LogP contribution in [-0.2, 0) is 44.9 Å². The summed E-state index contributed by atoms with van der Waals surface area (Å²) in [6.45, 7) is -1.62. The minimum atomic E-state index is -1.11. The van der Waals surface area contributed by atoms with E-state index >= 15 is 0 Å². The van der Waals surface area contributed by atoms with Gasteiger partial charge in [-0.05, 0) is 47.9 Å². The van der Waals surface area contributed by atoms with Gasteiger partial charge in [0.25, 0.3) is 0 Å². The summed E-state index contributed by atoms with van der Waals surface area (Å²) >= 11 is 0. The minimum Gasteiger partial charge on any atom is -0.480 e. The molecule has 0 fully saturated rings. The molecular formula is C41H56N4O12. The van der Waals surface area contributed by atoms with Crippen LogP contribution in [-0.4, -0.2) is 115 Å². The summed E-state index contributed by atoms with van der Waals surface area (Å²) in [5.41, 5.74) is 24.1. The molecule has 0 aliphatic heterocycles. The molecule has 57 heavy (non-hydrogen) atoms. The molecule has 0 bridgehead atoms. The van der Waals surface area contributed by atoms with Crippen molar-refractivity contribution in [1.82, 2.24) is 0 Å². The number of carboxylic acids is 4. The SMILES string of the molecule is N[C@@H](Cc1ccccc1)C(=O)O.N[C@@H](Cc1ccccc1)C(=O)O.N[C@@H](Cc1ccccc1)C(=O)O.N[C@@H](Cc1ccccc1)C(=O)O.OCC(CO)(CO)CO. The Bertz CT molecular complexity index is 1420. The van der Waals surface area contributed by atoms with E-state index in [-0.39, 0.29) is 0 Å². The maximum Gasteiger partial charge on any atom is 0.320 e. The molecule has 0 aromatic heterocycles. The fourth-order valence-electron chi connectivity index (χ4n) is 4.12. The van der Waals surface area contributed by atoms with E-state index in [0.29, 0.717) is 25.7 Å². The van der Waals surface area contributed by atoms with Crippen molar-refractivity contribution < 1.29 is 60.0 Å². The minimum absolute atomic E-state index is 0.385. The molecular weight excluding hydrogens is 740 g/mol. The topological polar surface area (TPSA) is 334 Å². The van der Waals surface area contributed by atoms with Crippen LogP contribution in [0.1, 0.15) is 22.3 Å². The van der Waals surface area contributed by atoms with E-state index in [1.165, 1.54) is 0 Å². The number of hydrogen-bond acceptors (Lipinski definition) is 12. The average molecular weight is 797 g/mol. The van der Waals surface area contributed by atoms with Crippen LogP contribution in [0.5, 0.6) is 0 Å². The van der Waals surface area contributed by atoms with Crippen molar-refractivity contribution in [3.8, 4) is 0 Å². The van der Waals surface area contributed by atoms with Crippen LogP contribution < -0.4 is 22.9 Å². The lowest BCUT2D eigenvalue weighted by molar-refractivity contribution is -0.139. The second kappa shape index (κ2) is 29.7. The van der Waals surface area contributed by atoms with Gasteiger partial charge in [-0.3, -0.25) is 19.2 Å². The van der Waals surface area contributed by atoms with E-state index in [2.05, 4.69) is 0 Å². The normalized spacial score (nSPS) is 12.4. The van der Waals surface area contributed by atoms with E-state index in [1.807, 2.05) is 121 Å². The summed E-state index contributed by atoms with van der Waals surface area (Å²) in [6, 6.07) is 34.2. The number of hydrogen-bond donors (Lipinski definition) is 12. The fraction of sp³-hybridized carbons (Fsp3) is 0.317. The van der Waals surface area contributed by atoms with Crippen molar-refractivity contribution in [3.63, 3.8) is 0 Å². The van der Waals surface area contributed by atoms with E-state index in [1.54, 1.807) is 0 Å². The van der Waals surface area contributed by atoms with Crippen molar-refractivity contribution in [2.75, 3.05) is 26.4 Å². The third-order valence-electron chi connectivity index (χ3n) is 7.80. The molecule has 312 valence electrons. The number of aliphatic hydroxyl groups excluding tert-OH is 4. The van der Waals surface area contributed by atoms with Gasteiger partial charge in [0.1, 0.15) is 24.2 Å². The van der Waals surface area contributed by atoms with Gasteiger partial charge in [0.2, 0.25) is 0 Å². The van der Waals surface area contributed by atoms with Gasteiger partial charge in [-0.15, -0.1) is 0 Å². The number of aliphatic carboxylic acids is 4. The molecule has 0 unspecified atom stereocenters. The Morgan fingerprint density at radius 3 is 0.632 bits per heavy atom. The Balaban J connectivity index is 0.000000691. The van der Waals surface area contributed by atoms with Crippen molar-refractivity contribution in [1.29, 1.82) is 0 Å². The van der Waals surface area contributed by atoms with Crippen molar-refractivity contribution in [2.24, 2.45) is 28.3 Å². The first kappa shape index (κ1) is 51.4. The Kier molecular flexibility index (Phi) is 26.8. The second-order valence-corrected chi connectivity index (χ2v) is 12.7. The van der Waals surface area contributed by atoms with Gasteiger partial charge in [-0.25, -0.2) is 0 Å². The van der Waals surface area contributed by atoms with Gasteiger partial charge in [-0.1, -0.05) is 121 Å². The predicted octanol–water partition coefficient (Wildman–Crippen LogP) is 0.506. The van der Waals surface area contributed by atoms with Crippen molar-refractivity contribution in [3.05, 3.63) is 144 Å². The molecule has 4 aromatic carbocycles. The van der Waals surface area contributed by atoms with Crippen LogP contribution in [0.2, 0.25) is 0 Å². The van der Waals surface area contributed by atoms with E-state index in [4.69, 9.17) is 63.8 Å². The standard InChI is InChI=1S/4C9H11NO2.C5H12O4/c4*10-8(9(11)12)6-7-4-2-1-3-5-7;6-1-5(2-7,3-8)4-9/h4*1-5,8H,6,10H2,(H,11,12);6-9H,1-4H2/t4*8-;/m0000./s1. The van der Waals surface area contributed by atoms with Crippen LogP contribution in [0.15, 0.2) is 121 Å². The van der Waals surface area contributed by atoms with Gasteiger partial charge in [0.05, 0.1) is 31.8 Å². The highest BCUT2D eigenvalue weighted by Crippen LogP contribution is 2.12. The summed E-state index contributed by atoms with van der Waals surface area (Å²) in [7, 11) is 0. The van der Waals surface area contributed by atoms with Crippen LogP contribution in [0.4, 0.5) is 0 Å². The molecule has 0 aliphatic carbocycles. The molecule has 0 heterocycles. The van der Waals surface area contributed by atoms with E-state index < -0.39 is 79.9 Å². The third kappa shape index (κ3) is 23.9. The quantitative estimate of drug-likeness (QED) is 0.0735. The largest absolute Gasteiger partial charge is 0.480 e. The smallest absolute Gasteiger partial charge is 0.320 e. The second-order valence-electron chi connectivity index (χ2n) is 12.7. The number of rotatable bonds is 16. The zero-order chi connectivity index (χ0) is 43.2. The molecule has 4 atom stereocenters. The lowest BCUT2D eigenvalue weighted by Crippen LogP contribution is -2.37. The van der Waals surface area contributed by atoms with Gasteiger partial charge in [0, 0.05) is 0 Å². The summed E-state index contributed by atoms with van der Waals surface area (Å²) in [6.07, 6.45) is 1.54.